The van der Waals surface area contributed by atoms with Crippen molar-refractivity contribution in [3.63, 3.8) is 0 Å². The summed E-state index contributed by atoms with van der Waals surface area (Å²) in [5.41, 5.74) is 0.0162. The van der Waals surface area contributed by atoms with Crippen LogP contribution >= 0.6 is 11.8 Å². The highest BCUT2D eigenvalue weighted by Crippen LogP contribution is 2.36. The largest absolute Gasteiger partial charge is 0.291 e. The minimum atomic E-state index is 0.0162. The molecule has 1 aliphatic heterocycles. The second kappa shape index (κ2) is 5.68. The molecule has 1 saturated heterocycles. The van der Waals surface area contributed by atoms with Crippen LogP contribution in [0.3, 0.4) is 0 Å². The quantitative estimate of drug-likeness (QED) is 0.840. The maximum atomic E-state index is 4.52. The summed E-state index contributed by atoms with van der Waals surface area (Å²) in [6, 6.07) is 0.757. The van der Waals surface area contributed by atoms with Gasteiger partial charge in [-0.1, -0.05) is 12.8 Å². The Kier molecular flexibility index (Phi) is 4.09. The van der Waals surface area contributed by atoms with Crippen molar-refractivity contribution in [3.8, 4) is 0 Å². The van der Waals surface area contributed by atoms with E-state index in [-0.39, 0.29) is 5.54 Å². The average Bonchev–Trinajstić information content (AvgIpc) is 2.87. The maximum absolute atomic E-state index is 4.52. The van der Waals surface area contributed by atoms with Crippen LogP contribution in [0.5, 0.6) is 0 Å². The Bertz CT molecular complexity index is 449. The molecule has 0 aromatic carbocycles. The lowest BCUT2D eigenvalue weighted by Gasteiger charge is -2.43. The SMILES string of the molecule is CC(C)(C)n1ncnc1CN1CCS[C@H]2CCCC[C@@H]21. The predicted octanol–water partition coefficient (Wildman–Crippen LogP) is 2.89. The van der Waals surface area contributed by atoms with Crippen molar-refractivity contribution in [2.24, 2.45) is 0 Å². The van der Waals surface area contributed by atoms with Gasteiger partial charge in [0.25, 0.3) is 0 Å². The zero-order valence-electron chi connectivity index (χ0n) is 12.9. The average molecular weight is 294 g/mol. The van der Waals surface area contributed by atoms with Crippen LogP contribution in [0, 0.1) is 0 Å². The third kappa shape index (κ3) is 2.89. The lowest BCUT2D eigenvalue weighted by atomic mass is 9.93. The van der Waals surface area contributed by atoms with E-state index < -0.39 is 0 Å². The fourth-order valence-electron chi connectivity index (χ4n) is 3.49. The smallest absolute Gasteiger partial charge is 0.141 e. The summed E-state index contributed by atoms with van der Waals surface area (Å²) >= 11 is 2.19. The lowest BCUT2D eigenvalue weighted by Crippen LogP contribution is -2.49. The molecule has 0 amide bonds. The van der Waals surface area contributed by atoms with Crippen LogP contribution in [-0.4, -0.2) is 43.3 Å². The number of hydrogen-bond donors (Lipinski definition) is 0. The van der Waals surface area contributed by atoms with Crippen molar-refractivity contribution in [2.75, 3.05) is 12.3 Å². The number of thioether (sulfide) groups is 1. The van der Waals surface area contributed by atoms with Gasteiger partial charge >= 0.3 is 0 Å². The van der Waals surface area contributed by atoms with Crippen LogP contribution in [0.25, 0.3) is 0 Å². The van der Waals surface area contributed by atoms with Crippen LogP contribution < -0.4 is 0 Å². The van der Waals surface area contributed by atoms with Crippen molar-refractivity contribution in [2.45, 2.75) is 69.8 Å². The number of rotatable bonds is 2. The normalized spacial score (nSPS) is 28.4. The minimum absolute atomic E-state index is 0.0162. The number of fused-ring (bicyclic) bond motifs is 1. The topological polar surface area (TPSA) is 34.0 Å². The van der Waals surface area contributed by atoms with E-state index >= 15 is 0 Å². The monoisotopic (exact) mass is 294 g/mol. The van der Waals surface area contributed by atoms with E-state index in [2.05, 4.69) is 52.2 Å². The summed E-state index contributed by atoms with van der Waals surface area (Å²) in [7, 11) is 0. The summed E-state index contributed by atoms with van der Waals surface area (Å²) in [6.07, 6.45) is 7.28. The number of nitrogens with zero attached hydrogens (tertiary/aromatic N) is 4. The molecule has 1 aliphatic carbocycles. The number of aromatic nitrogens is 3. The summed E-state index contributed by atoms with van der Waals surface area (Å²) in [5, 5.41) is 5.28. The Morgan fingerprint density at radius 2 is 2.10 bits per heavy atom. The molecule has 1 aromatic heterocycles. The van der Waals surface area contributed by atoms with Crippen LogP contribution in [0.15, 0.2) is 6.33 Å². The highest BCUT2D eigenvalue weighted by molar-refractivity contribution is 8.00. The Hall–Kier alpha value is -0.550. The fourth-order valence-corrected chi connectivity index (χ4v) is 4.99. The van der Waals surface area contributed by atoms with Crippen LogP contribution in [0.1, 0.15) is 52.3 Å². The molecular formula is C15H26N4S. The van der Waals surface area contributed by atoms with Crippen LogP contribution in [0.2, 0.25) is 0 Å². The first-order valence-corrected chi connectivity index (χ1v) is 8.85. The Morgan fingerprint density at radius 3 is 2.90 bits per heavy atom. The van der Waals surface area contributed by atoms with Gasteiger partial charge in [0.05, 0.1) is 12.1 Å². The molecule has 1 aromatic rings. The van der Waals surface area contributed by atoms with Crippen molar-refractivity contribution < 1.29 is 0 Å². The van der Waals surface area contributed by atoms with E-state index in [1.165, 1.54) is 38.0 Å². The van der Waals surface area contributed by atoms with Gasteiger partial charge in [-0.25, -0.2) is 9.67 Å². The maximum Gasteiger partial charge on any atom is 0.141 e. The Balaban J connectivity index is 1.75. The summed E-state index contributed by atoms with van der Waals surface area (Å²) in [6.45, 7) is 8.74. The molecule has 2 aliphatic rings. The van der Waals surface area contributed by atoms with Gasteiger partial charge in [-0.3, -0.25) is 4.90 Å². The van der Waals surface area contributed by atoms with E-state index in [0.29, 0.717) is 0 Å². The molecule has 20 heavy (non-hydrogen) atoms. The molecule has 3 rings (SSSR count). The molecule has 0 spiro atoms. The van der Waals surface area contributed by atoms with Gasteiger partial charge < -0.3 is 0 Å². The second-order valence-electron chi connectivity index (χ2n) is 6.99. The molecule has 0 bridgehead atoms. The molecule has 112 valence electrons. The van der Waals surface area contributed by atoms with Gasteiger partial charge in [-0.2, -0.15) is 16.9 Å². The van der Waals surface area contributed by atoms with Crippen molar-refractivity contribution in [1.29, 1.82) is 0 Å². The second-order valence-corrected chi connectivity index (χ2v) is 8.34. The molecule has 0 unspecified atom stereocenters. The van der Waals surface area contributed by atoms with Crippen LogP contribution in [-0.2, 0) is 12.1 Å². The van der Waals surface area contributed by atoms with E-state index in [4.69, 9.17) is 0 Å². The standard InChI is InChI=1S/C15H26N4S/c1-15(2,3)19-14(16-11-17-19)10-18-8-9-20-13-7-5-4-6-12(13)18/h11-13H,4-10H2,1-3H3/t12-,13-/m0/s1. The van der Waals surface area contributed by atoms with E-state index in [0.717, 1.165) is 23.7 Å². The molecule has 2 heterocycles. The molecular weight excluding hydrogens is 268 g/mol. The predicted molar refractivity (Wildman–Crippen MR) is 83.9 cm³/mol. The van der Waals surface area contributed by atoms with Gasteiger partial charge in [0, 0.05) is 23.6 Å². The van der Waals surface area contributed by atoms with E-state index in [1.807, 2.05) is 0 Å². The molecule has 4 nitrogen and oxygen atoms in total. The van der Waals surface area contributed by atoms with Gasteiger partial charge in [-0.05, 0) is 33.6 Å². The lowest BCUT2D eigenvalue weighted by molar-refractivity contribution is 0.146. The van der Waals surface area contributed by atoms with Gasteiger partial charge in [-0.15, -0.1) is 0 Å². The Labute approximate surface area is 126 Å². The van der Waals surface area contributed by atoms with Gasteiger partial charge in [0.2, 0.25) is 0 Å². The molecule has 2 fully saturated rings. The molecule has 0 N–H and O–H groups in total. The van der Waals surface area contributed by atoms with Gasteiger partial charge in [0.15, 0.2) is 0 Å². The molecule has 0 radical (unpaired) electrons. The minimum Gasteiger partial charge on any atom is -0.291 e. The van der Waals surface area contributed by atoms with Crippen molar-refractivity contribution in [3.05, 3.63) is 12.2 Å². The van der Waals surface area contributed by atoms with E-state index in [9.17, 15) is 0 Å². The summed E-state index contributed by atoms with van der Waals surface area (Å²) in [4.78, 5) is 7.18. The Morgan fingerprint density at radius 1 is 1.30 bits per heavy atom. The van der Waals surface area contributed by atoms with E-state index in [1.54, 1.807) is 6.33 Å². The highest BCUT2D eigenvalue weighted by Gasteiger charge is 2.34. The third-order valence-corrected chi connectivity index (χ3v) is 5.84. The zero-order chi connectivity index (χ0) is 14.2. The fraction of sp³-hybridized carbons (Fsp3) is 0.867. The number of hydrogen-bond acceptors (Lipinski definition) is 4. The third-order valence-electron chi connectivity index (χ3n) is 4.45. The molecule has 5 heteroatoms. The first-order valence-electron chi connectivity index (χ1n) is 7.81. The van der Waals surface area contributed by atoms with Gasteiger partial charge in [0.1, 0.15) is 12.2 Å². The highest BCUT2D eigenvalue weighted by atomic mass is 32.2. The summed E-state index contributed by atoms with van der Waals surface area (Å²) < 4.78 is 2.09. The van der Waals surface area contributed by atoms with Crippen LogP contribution in [0.4, 0.5) is 0 Å². The first kappa shape index (κ1) is 14.4. The summed E-state index contributed by atoms with van der Waals surface area (Å²) in [5.74, 6) is 2.39. The van der Waals surface area contributed by atoms with Crippen molar-refractivity contribution >= 4 is 11.8 Å². The first-order chi connectivity index (χ1) is 9.55. The molecule has 1 saturated carbocycles. The van der Waals surface area contributed by atoms with Crippen molar-refractivity contribution in [1.82, 2.24) is 19.7 Å². The molecule has 2 atom stereocenters. The zero-order valence-corrected chi connectivity index (χ0v) is 13.7.